The Morgan fingerprint density at radius 3 is 2.71 bits per heavy atom. The average Bonchev–Trinajstić information content (AvgIpc) is 3.36. The van der Waals surface area contributed by atoms with Crippen molar-refractivity contribution in [2.75, 3.05) is 51.1 Å². The maximum atomic E-state index is 12.5. The Balaban J connectivity index is 1.61. The summed E-state index contributed by atoms with van der Waals surface area (Å²) in [5, 5.41) is 20.4. The third-order valence-corrected chi connectivity index (χ3v) is 5.63. The molecule has 4 heterocycles. The highest BCUT2D eigenvalue weighted by molar-refractivity contribution is 5.99. The number of nitrogens with one attached hydrogen (secondary N) is 3. The maximum absolute atomic E-state index is 12.5. The summed E-state index contributed by atoms with van der Waals surface area (Å²) in [4.78, 5) is 35.8. The molecule has 0 spiro atoms. The normalized spacial score (nSPS) is 13.8. The lowest BCUT2D eigenvalue weighted by atomic mass is 10.1. The van der Waals surface area contributed by atoms with Crippen LogP contribution in [0.25, 0.3) is 11.4 Å². The minimum absolute atomic E-state index is 0.0102. The fraction of sp³-hybridized carbons (Fsp3) is 0.458. The van der Waals surface area contributed by atoms with Crippen LogP contribution < -0.4 is 20.7 Å². The van der Waals surface area contributed by atoms with Crippen molar-refractivity contribution in [1.82, 2.24) is 35.5 Å². The van der Waals surface area contributed by atoms with E-state index in [1.165, 1.54) is 20.2 Å². The lowest BCUT2D eigenvalue weighted by molar-refractivity contribution is -0.116. The smallest absolute Gasteiger partial charge is 0.273 e. The van der Waals surface area contributed by atoms with Gasteiger partial charge in [-0.2, -0.15) is 4.98 Å². The highest BCUT2D eigenvalue weighted by Crippen LogP contribution is 2.35. The summed E-state index contributed by atoms with van der Waals surface area (Å²) in [7, 11) is 2.97. The number of morpholine rings is 1. The van der Waals surface area contributed by atoms with Crippen molar-refractivity contribution in [2.45, 2.75) is 26.8 Å². The number of nitrogens with zero attached hydrogens (tertiary/aromatic N) is 6. The van der Waals surface area contributed by atoms with Crippen molar-refractivity contribution < 1.29 is 23.6 Å². The summed E-state index contributed by atoms with van der Waals surface area (Å²) in [6.45, 7) is 7.30. The highest BCUT2D eigenvalue weighted by atomic mass is 16.5. The zero-order chi connectivity index (χ0) is 27.1. The molecule has 38 heavy (non-hydrogen) atoms. The van der Waals surface area contributed by atoms with E-state index in [0.717, 1.165) is 13.1 Å². The largest absolute Gasteiger partial charge is 0.492 e. The summed E-state index contributed by atoms with van der Waals surface area (Å²) in [5.41, 5.74) is 0.815. The van der Waals surface area contributed by atoms with Crippen molar-refractivity contribution in [3.8, 4) is 17.1 Å². The molecule has 3 aromatic rings. The van der Waals surface area contributed by atoms with E-state index in [-0.39, 0.29) is 34.8 Å². The van der Waals surface area contributed by atoms with Gasteiger partial charge in [-0.15, -0.1) is 10.2 Å². The average molecular weight is 526 g/mol. The van der Waals surface area contributed by atoms with Crippen LogP contribution in [-0.4, -0.2) is 82.5 Å². The first kappa shape index (κ1) is 26.9. The molecule has 202 valence electrons. The molecule has 1 saturated heterocycles. The lowest BCUT2D eigenvalue weighted by Crippen LogP contribution is -2.35. The Morgan fingerprint density at radius 2 is 2.00 bits per heavy atom. The van der Waals surface area contributed by atoms with Gasteiger partial charge in [0.1, 0.15) is 0 Å². The van der Waals surface area contributed by atoms with Crippen LogP contribution in [0.3, 0.4) is 0 Å². The Bertz CT molecular complexity index is 1270. The van der Waals surface area contributed by atoms with Gasteiger partial charge in [-0.3, -0.25) is 14.5 Å². The van der Waals surface area contributed by atoms with Gasteiger partial charge in [0.15, 0.2) is 23.1 Å². The summed E-state index contributed by atoms with van der Waals surface area (Å²) in [6.07, 6.45) is 1.87. The molecule has 2 amide bonds. The van der Waals surface area contributed by atoms with Gasteiger partial charge in [0.25, 0.3) is 5.91 Å². The standard InChI is InChI=1S/C24H31N9O5/c1-14(2)11-18(34)28-17-12-16(20(31-30-17)24(35)25-3)27-23-21(36-4)15(5-6-26-23)22-29-19(38-32-22)13-33-7-9-37-10-8-33/h5-6,12,14H,7-11,13H2,1-4H3,(H,25,35)(H2,26,27,28,30,34). The molecule has 0 bridgehead atoms. The van der Waals surface area contributed by atoms with Crippen LogP contribution in [0.1, 0.15) is 36.6 Å². The number of aromatic nitrogens is 5. The molecule has 0 radical (unpaired) electrons. The molecule has 0 aromatic carbocycles. The number of carbonyl (C=O) groups is 2. The van der Waals surface area contributed by atoms with E-state index >= 15 is 0 Å². The van der Waals surface area contributed by atoms with Crippen LogP contribution in [0, 0.1) is 5.92 Å². The van der Waals surface area contributed by atoms with E-state index in [4.69, 9.17) is 14.0 Å². The van der Waals surface area contributed by atoms with Crippen LogP contribution in [-0.2, 0) is 16.1 Å². The quantitative estimate of drug-likeness (QED) is 0.352. The van der Waals surface area contributed by atoms with Gasteiger partial charge in [-0.1, -0.05) is 19.0 Å². The number of methoxy groups -OCH3 is 1. The Kier molecular flexibility index (Phi) is 8.76. The topological polar surface area (TPSA) is 170 Å². The summed E-state index contributed by atoms with van der Waals surface area (Å²) in [6, 6.07) is 3.22. The predicted molar refractivity (Wildman–Crippen MR) is 137 cm³/mol. The number of anilines is 3. The molecule has 14 heteroatoms. The predicted octanol–water partition coefficient (Wildman–Crippen LogP) is 1.85. The number of carbonyl (C=O) groups excluding carboxylic acids is 2. The molecular formula is C24H31N9O5. The zero-order valence-corrected chi connectivity index (χ0v) is 21.8. The molecule has 3 aromatic heterocycles. The fourth-order valence-corrected chi connectivity index (χ4v) is 3.83. The molecule has 0 saturated carbocycles. The molecule has 0 atom stereocenters. The molecule has 4 rings (SSSR count). The first-order valence-corrected chi connectivity index (χ1v) is 12.2. The monoisotopic (exact) mass is 525 g/mol. The van der Waals surface area contributed by atoms with Crippen molar-refractivity contribution in [2.24, 2.45) is 5.92 Å². The third kappa shape index (κ3) is 6.58. The molecule has 1 fully saturated rings. The van der Waals surface area contributed by atoms with Gasteiger partial charge in [0.05, 0.1) is 38.1 Å². The first-order valence-electron chi connectivity index (χ1n) is 12.2. The number of amides is 2. The van der Waals surface area contributed by atoms with Crippen LogP contribution >= 0.6 is 0 Å². The zero-order valence-electron chi connectivity index (χ0n) is 21.8. The summed E-state index contributed by atoms with van der Waals surface area (Å²) in [5.74, 6) is 1.08. The van der Waals surface area contributed by atoms with Crippen LogP contribution in [0.5, 0.6) is 5.75 Å². The number of hydrogen-bond acceptors (Lipinski definition) is 12. The van der Waals surface area contributed by atoms with Gasteiger partial charge in [0, 0.05) is 38.8 Å². The Morgan fingerprint density at radius 1 is 1.21 bits per heavy atom. The molecule has 0 unspecified atom stereocenters. The van der Waals surface area contributed by atoms with Crippen LogP contribution in [0.15, 0.2) is 22.9 Å². The van der Waals surface area contributed by atoms with Crippen LogP contribution in [0.4, 0.5) is 17.3 Å². The highest BCUT2D eigenvalue weighted by Gasteiger charge is 2.22. The fourth-order valence-electron chi connectivity index (χ4n) is 3.83. The number of ether oxygens (including phenoxy) is 2. The third-order valence-electron chi connectivity index (χ3n) is 5.63. The van der Waals surface area contributed by atoms with Gasteiger partial charge >= 0.3 is 0 Å². The lowest BCUT2D eigenvalue weighted by Gasteiger charge is -2.24. The van der Waals surface area contributed by atoms with Crippen LogP contribution in [0.2, 0.25) is 0 Å². The van der Waals surface area contributed by atoms with Crippen molar-refractivity contribution in [3.63, 3.8) is 0 Å². The second kappa shape index (κ2) is 12.4. The molecule has 14 nitrogen and oxygen atoms in total. The Hall–Kier alpha value is -4.17. The maximum Gasteiger partial charge on any atom is 0.273 e. The molecular weight excluding hydrogens is 494 g/mol. The Labute approximate surface area is 219 Å². The van der Waals surface area contributed by atoms with E-state index in [0.29, 0.717) is 49.2 Å². The van der Waals surface area contributed by atoms with Crippen molar-refractivity contribution in [3.05, 3.63) is 29.9 Å². The van der Waals surface area contributed by atoms with Crippen molar-refractivity contribution in [1.29, 1.82) is 0 Å². The second-order valence-electron chi connectivity index (χ2n) is 8.98. The summed E-state index contributed by atoms with van der Waals surface area (Å²) < 4.78 is 16.5. The van der Waals surface area contributed by atoms with Gasteiger partial charge < -0.3 is 29.9 Å². The number of rotatable bonds is 10. The van der Waals surface area contributed by atoms with Gasteiger partial charge in [0.2, 0.25) is 17.6 Å². The first-order chi connectivity index (χ1) is 18.4. The van der Waals surface area contributed by atoms with Gasteiger partial charge in [-0.05, 0) is 12.0 Å². The molecule has 0 aliphatic carbocycles. The molecule has 1 aliphatic rings. The number of pyridine rings is 1. The van der Waals surface area contributed by atoms with Gasteiger partial charge in [-0.25, -0.2) is 4.98 Å². The molecule has 3 N–H and O–H groups in total. The second-order valence-corrected chi connectivity index (χ2v) is 8.98. The SMILES string of the molecule is CNC(=O)c1nnc(NC(=O)CC(C)C)cc1Nc1nccc(-c2noc(CN3CCOCC3)n2)c1OC. The van der Waals surface area contributed by atoms with E-state index in [1.54, 1.807) is 12.3 Å². The molecule has 1 aliphatic heterocycles. The van der Waals surface area contributed by atoms with Crippen molar-refractivity contribution >= 4 is 29.1 Å². The summed E-state index contributed by atoms with van der Waals surface area (Å²) >= 11 is 0. The van der Waals surface area contributed by atoms with E-state index in [1.807, 2.05) is 13.8 Å². The number of hydrogen-bond donors (Lipinski definition) is 3. The van der Waals surface area contributed by atoms with E-state index in [2.05, 4.69) is 46.2 Å². The minimum atomic E-state index is -0.471. The minimum Gasteiger partial charge on any atom is -0.492 e. The van der Waals surface area contributed by atoms with E-state index < -0.39 is 5.91 Å². The van der Waals surface area contributed by atoms with E-state index in [9.17, 15) is 9.59 Å².